The number of carboxylic acid groups (broad SMARTS) is 1. The fourth-order valence-electron chi connectivity index (χ4n) is 0.689. The Morgan fingerprint density at radius 2 is 2.23 bits per heavy atom. The Bertz CT molecular complexity index is 316. The maximum Gasteiger partial charge on any atom is 0.320 e. The summed E-state index contributed by atoms with van der Waals surface area (Å²) in [6.07, 6.45) is 0.0127. The SMILES string of the molecule is CC(CC#N)NS(=O)(=O)CC(=O)O. The predicted molar refractivity (Wildman–Crippen MR) is 44.3 cm³/mol. The van der Waals surface area contributed by atoms with Gasteiger partial charge in [0.15, 0.2) is 5.75 Å². The molecule has 0 aliphatic carbocycles. The summed E-state index contributed by atoms with van der Waals surface area (Å²) in [4.78, 5) is 10.1. The van der Waals surface area contributed by atoms with Crippen LogP contribution < -0.4 is 4.72 Å². The highest BCUT2D eigenvalue weighted by molar-refractivity contribution is 7.90. The predicted octanol–water partition coefficient (Wildman–Crippen LogP) is -0.707. The van der Waals surface area contributed by atoms with Gasteiger partial charge in [-0.15, -0.1) is 0 Å². The molecule has 0 heterocycles. The van der Waals surface area contributed by atoms with Crippen LogP contribution >= 0.6 is 0 Å². The van der Waals surface area contributed by atoms with Gasteiger partial charge in [0.2, 0.25) is 10.0 Å². The molecule has 7 heteroatoms. The fourth-order valence-corrected chi connectivity index (χ4v) is 1.79. The maximum absolute atomic E-state index is 10.9. The molecule has 2 N–H and O–H groups in total. The van der Waals surface area contributed by atoms with Crippen molar-refractivity contribution in [3.05, 3.63) is 0 Å². The number of carboxylic acids is 1. The van der Waals surface area contributed by atoms with Gasteiger partial charge in [-0.1, -0.05) is 0 Å². The summed E-state index contributed by atoms with van der Waals surface area (Å²) in [6, 6.07) is 1.21. The lowest BCUT2D eigenvalue weighted by Crippen LogP contribution is -2.36. The van der Waals surface area contributed by atoms with Gasteiger partial charge in [-0.05, 0) is 6.92 Å². The van der Waals surface area contributed by atoms with Crippen molar-refractivity contribution in [3.63, 3.8) is 0 Å². The number of nitrogens with zero attached hydrogens (tertiary/aromatic N) is 1. The molecule has 0 aliphatic rings. The quantitative estimate of drug-likeness (QED) is 0.618. The molecular weight excluding hydrogens is 196 g/mol. The van der Waals surface area contributed by atoms with Gasteiger partial charge < -0.3 is 5.11 Å². The highest BCUT2D eigenvalue weighted by Crippen LogP contribution is 1.93. The van der Waals surface area contributed by atoms with Crippen LogP contribution in [-0.4, -0.2) is 31.3 Å². The second-order valence-corrected chi connectivity index (χ2v) is 4.29. The van der Waals surface area contributed by atoms with Crippen LogP contribution in [0.15, 0.2) is 0 Å². The van der Waals surface area contributed by atoms with Crippen LogP contribution in [0.5, 0.6) is 0 Å². The molecule has 6 nitrogen and oxygen atoms in total. The van der Waals surface area contributed by atoms with Crippen LogP contribution in [0.3, 0.4) is 0 Å². The van der Waals surface area contributed by atoms with E-state index < -0.39 is 27.8 Å². The average Bonchev–Trinajstić information content (AvgIpc) is 1.81. The summed E-state index contributed by atoms with van der Waals surface area (Å²) in [5.74, 6) is -2.39. The van der Waals surface area contributed by atoms with E-state index in [-0.39, 0.29) is 6.42 Å². The largest absolute Gasteiger partial charge is 0.480 e. The molecule has 0 radical (unpaired) electrons. The zero-order chi connectivity index (χ0) is 10.5. The molecule has 0 saturated heterocycles. The van der Waals surface area contributed by atoms with Gasteiger partial charge >= 0.3 is 5.97 Å². The maximum atomic E-state index is 10.9. The summed E-state index contributed by atoms with van der Waals surface area (Å²) in [5, 5.41) is 16.4. The standard InChI is InChI=1S/C6H10N2O4S/c1-5(2-3-7)8-13(11,12)4-6(9)10/h5,8H,2,4H2,1H3,(H,9,10). The van der Waals surface area contributed by atoms with Crippen LogP contribution in [0, 0.1) is 11.3 Å². The lowest BCUT2D eigenvalue weighted by atomic mass is 10.3. The number of sulfonamides is 1. The number of hydrogen-bond acceptors (Lipinski definition) is 4. The molecule has 1 unspecified atom stereocenters. The zero-order valence-corrected chi connectivity index (χ0v) is 7.84. The molecule has 0 aromatic carbocycles. The third-order valence-corrected chi connectivity index (χ3v) is 2.48. The molecule has 0 aromatic heterocycles. The normalized spacial score (nSPS) is 13.2. The summed E-state index contributed by atoms with van der Waals surface area (Å²) < 4.78 is 23.9. The second-order valence-electron chi connectivity index (χ2n) is 2.53. The van der Waals surface area contributed by atoms with E-state index in [0.717, 1.165) is 0 Å². The first-order valence-electron chi connectivity index (χ1n) is 3.46. The molecule has 0 saturated carbocycles. The fraction of sp³-hybridized carbons (Fsp3) is 0.667. The number of carbonyl (C=O) groups is 1. The Hall–Kier alpha value is -1.13. The molecule has 1 atom stereocenters. The Morgan fingerprint density at radius 3 is 2.62 bits per heavy atom. The van der Waals surface area contributed by atoms with Crippen LogP contribution in [0.2, 0.25) is 0 Å². The minimum absolute atomic E-state index is 0.0127. The number of nitrogens with one attached hydrogen (secondary N) is 1. The summed E-state index contributed by atoms with van der Waals surface area (Å²) in [6.45, 7) is 1.49. The molecular formula is C6H10N2O4S. The van der Waals surface area contributed by atoms with E-state index in [1.165, 1.54) is 6.92 Å². The number of aliphatic carboxylic acids is 1. The zero-order valence-electron chi connectivity index (χ0n) is 7.02. The van der Waals surface area contributed by atoms with E-state index in [2.05, 4.69) is 4.72 Å². The van der Waals surface area contributed by atoms with E-state index in [1.807, 2.05) is 0 Å². The van der Waals surface area contributed by atoms with Crippen molar-refractivity contribution in [1.82, 2.24) is 4.72 Å². The third-order valence-electron chi connectivity index (χ3n) is 1.09. The van der Waals surface area contributed by atoms with Gasteiger partial charge in [0.05, 0.1) is 12.5 Å². The average molecular weight is 206 g/mol. The van der Waals surface area contributed by atoms with Gasteiger partial charge in [0, 0.05) is 6.04 Å². The second kappa shape index (κ2) is 4.79. The first kappa shape index (κ1) is 11.9. The van der Waals surface area contributed by atoms with Crippen molar-refractivity contribution in [2.45, 2.75) is 19.4 Å². The number of nitriles is 1. The van der Waals surface area contributed by atoms with Gasteiger partial charge in [0.1, 0.15) is 0 Å². The summed E-state index contributed by atoms with van der Waals surface area (Å²) in [5.41, 5.74) is 0. The molecule has 13 heavy (non-hydrogen) atoms. The Labute approximate surface area is 76.2 Å². The lowest BCUT2D eigenvalue weighted by molar-refractivity contribution is -0.134. The molecule has 0 amide bonds. The molecule has 74 valence electrons. The lowest BCUT2D eigenvalue weighted by Gasteiger charge is -2.08. The molecule has 0 fully saturated rings. The highest BCUT2D eigenvalue weighted by atomic mass is 32.2. The Kier molecular flexibility index (Phi) is 4.37. The molecule has 0 aliphatic heterocycles. The smallest absolute Gasteiger partial charge is 0.320 e. The minimum atomic E-state index is -3.80. The van der Waals surface area contributed by atoms with E-state index in [1.54, 1.807) is 6.07 Å². The van der Waals surface area contributed by atoms with E-state index in [0.29, 0.717) is 0 Å². The first-order chi connectivity index (χ1) is 5.87. The van der Waals surface area contributed by atoms with Gasteiger partial charge in [0.25, 0.3) is 0 Å². The topological polar surface area (TPSA) is 107 Å². The van der Waals surface area contributed by atoms with Crippen molar-refractivity contribution < 1.29 is 18.3 Å². The minimum Gasteiger partial charge on any atom is -0.480 e. The van der Waals surface area contributed by atoms with Gasteiger partial charge in [-0.3, -0.25) is 4.79 Å². The molecule has 0 bridgehead atoms. The molecule has 0 aromatic rings. The summed E-state index contributed by atoms with van der Waals surface area (Å²) in [7, 11) is -3.80. The van der Waals surface area contributed by atoms with Crippen molar-refractivity contribution in [3.8, 4) is 6.07 Å². The molecule has 0 spiro atoms. The highest BCUT2D eigenvalue weighted by Gasteiger charge is 2.17. The van der Waals surface area contributed by atoms with Crippen molar-refractivity contribution >= 4 is 16.0 Å². The van der Waals surface area contributed by atoms with Crippen LogP contribution in [0.1, 0.15) is 13.3 Å². The summed E-state index contributed by atoms with van der Waals surface area (Å²) >= 11 is 0. The number of hydrogen-bond donors (Lipinski definition) is 2. The van der Waals surface area contributed by atoms with Crippen molar-refractivity contribution in [1.29, 1.82) is 5.26 Å². The first-order valence-corrected chi connectivity index (χ1v) is 5.11. The van der Waals surface area contributed by atoms with Crippen molar-refractivity contribution in [2.24, 2.45) is 0 Å². The van der Waals surface area contributed by atoms with E-state index in [4.69, 9.17) is 10.4 Å². The Balaban J connectivity index is 4.19. The monoisotopic (exact) mass is 206 g/mol. The van der Waals surface area contributed by atoms with E-state index in [9.17, 15) is 13.2 Å². The van der Waals surface area contributed by atoms with Crippen LogP contribution in [0.4, 0.5) is 0 Å². The van der Waals surface area contributed by atoms with Crippen LogP contribution in [-0.2, 0) is 14.8 Å². The Morgan fingerprint density at radius 1 is 1.69 bits per heavy atom. The van der Waals surface area contributed by atoms with E-state index >= 15 is 0 Å². The van der Waals surface area contributed by atoms with Crippen LogP contribution in [0.25, 0.3) is 0 Å². The van der Waals surface area contributed by atoms with Crippen molar-refractivity contribution in [2.75, 3.05) is 5.75 Å². The third kappa shape index (κ3) is 6.07. The van der Waals surface area contributed by atoms with Gasteiger partial charge in [-0.2, -0.15) is 5.26 Å². The molecule has 0 rings (SSSR count). The van der Waals surface area contributed by atoms with Gasteiger partial charge in [-0.25, -0.2) is 13.1 Å². The number of rotatable bonds is 5.